The van der Waals surface area contributed by atoms with E-state index in [1.54, 1.807) is 19.1 Å². The topological polar surface area (TPSA) is 35.0 Å². The van der Waals surface area contributed by atoms with E-state index in [0.717, 1.165) is 11.5 Å². The predicted molar refractivity (Wildman–Crippen MR) is 60.4 cm³/mol. The molecule has 0 spiro atoms. The summed E-state index contributed by atoms with van der Waals surface area (Å²) >= 11 is 6.93. The van der Waals surface area contributed by atoms with Gasteiger partial charge in [-0.2, -0.15) is 0 Å². The molecule has 0 amide bonds. The highest BCUT2D eigenvalue weighted by Gasteiger charge is 2.06. The Hall–Kier alpha value is -1.20. The van der Waals surface area contributed by atoms with Gasteiger partial charge in [0.1, 0.15) is 28.2 Å². The number of halogens is 2. The minimum atomic E-state index is -0.249. The molecule has 0 atom stereocenters. The summed E-state index contributed by atoms with van der Waals surface area (Å²) in [6.07, 6.45) is 0. The molecular weight excluding hydrogens is 251 g/mol. The average molecular weight is 259 g/mol. The third-order valence-corrected chi connectivity index (χ3v) is 3.00. The molecule has 84 valence electrons. The molecule has 0 bridgehead atoms. The van der Waals surface area contributed by atoms with E-state index in [4.69, 9.17) is 16.3 Å². The maximum Gasteiger partial charge on any atom is 0.141 e. The molecule has 1 heterocycles. The van der Waals surface area contributed by atoms with Crippen LogP contribution in [0.25, 0.3) is 0 Å². The van der Waals surface area contributed by atoms with E-state index in [1.807, 2.05) is 0 Å². The number of rotatable bonds is 3. The molecule has 3 nitrogen and oxygen atoms in total. The lowest BCUT2D eigenvalue weighted by molar-refractivity contribution is 0.300. The lowest BCUT2D eigenvalue weighted by atomic mass is 10.2. The van der Waals surface area contributed by atoms with Gasteiger partial charge in [0.15, 0.2) is 0 Å². The zero-order valence-corrected chi connectivity index (χ0v) is 9.98. The van der Waals surface area contributed by atoms with Crippen molar-refractivity contribution >= 4 is 23.1 Å². The van der Waals surface area contributed by atoms with Crippen LogP contribution in [0.1, 0.15) is 11.3 Å². The van der Waals surface area contributed by atoms with Crippen LogP contribution in [0.3, 0.4) is 0 Å². The summed E-state index contributed by atoms with van der Waals surface area (Å²) in [7, 11) is 0. The fourth-order valence-corrected chi connectivity index (χ4v) is 1.74. The van der Waals surface area contributed by atoms with Crippen LogP contribution < -0.4 is 4.74 Å². The maximum absolute atomic E-state index is 13.0. The van der Waals surface area contributed by atoms with Crippen molar-refractivity contribution in [3.63, 3.8) is 0 Å². The van der Waals surface area contributed by atoms with Crippen LogP contribution in [0.2, 0.25) is 4.34 Å². The minimum Gasteiger partial charge on any atom is -0.487 e. The Morgan fingerprint density at radius 1 is 1.50 bits per heavy atom. The van der Waals surface area contributed by atoms with Crippen LogP contribution in [0.5, 0.6) is 5.75 Å². The van der Waals surface area contributed by atoms with Crippen LogP contribution in [0, 0.1) is 12.7 Å². The number of nitrogens with zero attached hydrogens (tertiary/aromatic N) is 2. The van der Waals surface area contributed by atoms with Gasteiger partial charge in [0.2, 0.25) is 0 Å². The van der Waals surface area contributed by atoms with Crippen molar-refractivity contribution in [3.05, 3.63) is 39.6 Å². The van der Waals surface area contributed by atoms with Gasteiger partial charge in [0.25, 0.3) is 0 Å². The van der Waals surface area contributed by atoms with Crippen LogP contribution in [0.4, 0.5) is 4.39 Å². The second-order valence-electron chi connectivity index (χ2n) is 3.19. The largest absolute Gasteiger partial charge is 0.487 e. The van der Waals surface area contributed by atoms with Crippen molar-refractivity contribution in [1.82, 2.24) is 9.59 Å². The van der Waals surface area contributed by atoms with E-state index < -0.39 is 0 Å². The number of aromatic nitrogens is 2. The zero-order valence-electron chi connectivity index (χ0n) is 8.41. The van der Waals surface area contributed by atoms with Crippen molar-refractivity contribution in [2.45, 2.75) is 13.5 Å². The van der Waals surface area contributed by atoms with Gasteiger partial charge < -0.3 is 4.74 Å². The first-order valence-electron chi connectivity index (χ1n) is 4.52. The molecule has 0 saturated carbocycles. The number of benzene rings is 1. The van der Waals surface area contributed by atoms with Crippen LogP contribution in [-0.2, 0) is 6.61 Å². The molecule has 0 aliphatic carbocycles. The summed E-state index contributed by atoms with van der Waals surface area (Å²) in [5.41, 5.74) is 1.13. The van der Waals surface area contributed by atoms with Crippen LogP contribution >= 0.6 is 23.1 Å². The Labute approximate surface area is 101 Å². The highest BCUT2D eigenvalue weighted by atomic mass is 35.5. The highest BCUT2D eigenvalue weighted by Crippen LogP contribution is 2.21. The highest BCUT2D eigenvalue weighted by molar-refractivity contribution is 7.10. The zero-order chi connectivity index (χ0) is 11.5. The monoisotopic (exact) mass is 258 g/mol. The summed E-state index contributed by atoms with van der Waals surface area (Å²) in [5, 5.41) is 3.81. The van der Waals surface area contributed by atoms with Gasteiger partial charge in [0.05, 0.1) is 0 Å². The molecule has 0 saturated heterocycles. The van der Waals surface area contributed by atoms with E-state index in [9.17, 15) is 4.39 Å². The Balaban J connectivity index is 2.05. The maximum atomic E-state index is 13.0. The van der Waals surface area contributed by atoms with Crippen molar-refractivity contribution in [2.75, 3.05) is 0 Å². The van der Waals surface area contributed by atoms with E-state index in [1.165, 1.54) is 6.07 Å². The summed E-state index contributed by atoms with van der Waals surface area (Å²) in [6.45, 7) is 1.92. The van der Waals surface area contributed by atoms with Crippen LogP contribution in [-0.4, -0.2) is 9.59 Å². The molecule has 1 aromatic carbocycles. The first kappa shape index (κ1) is 11.3. The number of ether oxygens (including phenoxy) is 1. The molecule has 0 N–H and O–H groups in total. The standard InChI is InChI=1S/C10H8ClFN2OS/c1-6-4-7(2-3-8(6)12)15-5-9-10(11)16-14-13-9/h2-4H,5H2,1H3. The first-order chi connectivity index (χ1) is 7.66. The van der Waals surface area contributed by atoms with Gasteiger partial charge in [0, 0.05) is 11.5 Å². The number of aryl methyl sites for hydroxylation is 1. The lowest BCUT2D eigenvalue weighted by Crippen LogP contribution is -1.97. The average Bonchev–Trinajstić information content (AvgIpc) is 2.66. The Morgan fingerprint density at radius 3 is 2.94 bits per heavy atom. The van der Waals surface area contributed by atoms with Crippen molar-refractivity contribution in [1.29, 1.82) is 0 Å². The molecule has 16 heavy (non-hydrogen) atoms. The van der Waals surface area contributed by atoms with Gasteiger partial charge >= 0.3 is 0 Å². The van der Waals surface area contributed by atoms with Gasteiger partial charge in [-0.3, -0.25) is 0 Å². The first-order valence-corrected chi connectivity index (χ1v) is 5.67. The van der Waals surface area contributed by atoms with Crippen molar-refractivity contribution < 1.29 is 9.13 Å². The van der Waals surface area contributed by atoms with E-state index >= 15 is 0 Å². The van der Waals surface area contributed by atoms with Crippen LogP contribution in [0.15, 0.2) is 18.2 Å². The Kier molecular flexibility index (Phi) is 3.36. The van der Waals surface area contributed by atoms with Crippen molar-refractivity contribution in [2.24, 2.45) is 0 Å². The molecule has 1 aromatic heterocycles. The third kappa shape index (κ3) is 2.48. The van der Waals surface area contributed by atoms with E-state index in [-0.39, 0.29) is 12.4 Å². The molecule has 0 fully saturated rings. The fourth-order valence-electron chi connectivity index (χ4n) is 1.14. The molecule has 2 aromatic rings. The molecular formula is C10H8ClFN2OS. The fraction of sp³-hybridized carbons (Fsp3) is 0.200. The smallest absolute Gasteiger partial charge is 0.141 e. The molecule has 0 radical (unpaired) electrons. The number of hydrogen-bond donors (Lipinski definition) is 0. The normalized spacial score (nSPS) is 10.4. The molecule has 0 aliphatic rings. The number of hydrogen-bond acceptors (Lipinski definition) is 4. The van der Waals surface area contributed by atoms with Gasteiger partial charge in [-0.15, -0.1) is 5.10 Å². The third-order valence-electron chi connectivity index (χ3n) is 2.01. The van der Waals surface area contributed by atoms with E-state index in [2.05, 4.69) is 9.59 Å². The molecule has 0 unspecified atom stereocenters. The molecule has 2 rings (SSSR count). The second kappa shape index (κ2) is 4.76. The Bertz CT molecular complexity index is 503. The molecule has 0 aliphatic heterocycles. The van der Waals surface area contributed by atoms with Crippen molar-refractivity contribution in [3.8, 4) is 5.75 Å². The molecule has 6 heteroatoms. The van der Waals surface area contributed by atoms with Gasteiger partial charge in [-0.05, 0) is 30.7 Å². The quantitative estimate of drug-likeness (QED) is 0.848. The summed E-state index contributed by atoms with van der Waals surface area (Å²) in [6, 6.07) is 4.56. The predicted octanol–water partition coefficient (Wildman–Crippen LogP) is 3.22. The summed E-state index contributed by atoms with van der Waals surface area (Å²) in [4.78, 5) is 0. The van der Waals surface area contributed by atoms with Gasteiger partial charge in [-0.25, -0.2) is 4.39 Å². The summed E-state index contributed by atoms with van der Waals surface area (Å²) < 4.78 is 22.6. The second-order valence-corrected chi connectivity index (χ2v) is 4.55. The van der Waals surface area contributed by atoms with Gasteiger partial charge in [-0.1, -0.05) is 16.1 Å². The Morgan fingerprint density at radius 2 is 2.31 bits per heavy atom. The lowest BCUT2D eigenvalue weighted by Gasteiger charge is -2.05. The SMILES string of the molecule is Cc1cc(OCc2nnsc2Cl)ccc1F. The minimum absolute atomic E-state index is 0.237. The summed E-state index contributed by atoms with van der Waals surface area (Å²) in [5.74, 6) is 0.337. The van der Waals surface area contributed by atoms with E-state index in [0.29, 0.717) is 21.3 Å².